The molecule has 0 spiro atoms. The zero-order valence-corrected chi connectivity index (χ0v) is 14.9. The quantitative estimate of drug-likeness (QED) is 0.904. The van der Waals surface area contributed by atoms with Gasteiger partial charge in [0.05, 0.1) is 11.3 Å². The van der Waals surface area contributed by atoms with Crippen molar-refractivity contribution in [3.63, 3.8) is 0 Å². The second-order valence-corrected chi connectivity index (χ2v) is 7.76. The number of anilines is 2. The van der Waals surface area contributed by atoms with E-state index in [9.17, 15) is 13.2 Å². The molecule has 2 aromatic rings. The van der Waals surface area contributed by atoms with Gasteiger partial charge in [0.25, 0.3) is 10.0 Å². The second kappa shape index (κ2) is 6.11. The normalized spacial score (nSPS) is 14.0. The van der Waals surface area contributed by atoms with Crippen LogP contribution in [0, 0.1) is 6.92 Å². The molecule has 1 amide bonds. The fourth-order valence-corrected chi connectivity index (χ4v) is 4.07. The molecule has 1 heterocycles. The minimum atomic E-state index is -3.74. The van der Waals surface area contributed by atoms with Crippen LogP contribution in [0.2, 0.25) is 5.02 Å². The second-order valence-electron chi connectivity index (χ2n) is 5.67. The highest BCUT2D eigenvalue weighted by atomic mass is 35.5. The van der Waals surface area contributed by atoms with E-state index in [1.54, 1.807) is 29.2 Å². The van der Waals surface area contributed by atoms with Crippen molar-refractivity contribution < 1.29 is 13.2 Å². The van der Waals surface area contributed by atoms with Crippen LogP contribution in [-0.4, -0.2) is 20.9 Å². The van der Waals surface area contributed by atoms with Gasteiger partial charge in [0.2, 0.25) is 5.91 Å². The number of likely N-dealkylation sites (N-methyl/N-ethyl adjacent to an activating group) is 1. The number of carbonyl (C=O) groups is 1. The first-order chi connectivity index (χ1) is 11.3. The minimum absolute atomic E-state index is 0.0258. The summed E-state index contributed by atoms with van der Waals surface area (Å²) in [6.45, 7) is 4.31. The third-order valence-electron chi connectivity index (χ3n) is 4.04. The Bertz CT molecular complexity index is 925. The van der Waals surface area contributed by atoms with Crippen LogP contribution in [0.4, 0.5) is 11.4 Å². The highest BCUT2D eigenvalue weighted by Gasteiger charge is 2.26. The molecule has 0 unspecified atom stereocenters. The van der Waals surface area contributed by atoms with Crippen LogP contribution in [0.3, 0.4) is 0 Å². The molecule has 2 aromatic carbocycles. The number of carbonyl (C=O) groups excluding carboxylic acids is 1. The molecule has 1 aliphatic rings. The number of nitrogens with zero attached hydrogens (tertiary/aromatic N) is 1. The number of halogens is 1. The molecule has 0 aromatic heterocycles. The summed E-state index contributed by atoms with van der Waals surface area (Å²) >= 11 is 6.01. The summed E-state index contributed by atoms with van der Waals surface area (Å²) in [5.41, 5.74) is 2.90. The fourth-order valence-electron chi connectivity index (χ4n) is 2.75. The number of amides is 1. The predicted octanol–water partition coefficient (Wildman–Crippen LogP) is 3.36. The van der Waals surface area contributed by atoms with Crippen molar-refractivity contribution in [3.8, 4) is 0 Å². The largest absolute Gasteiger partial charge is 0.312 e. The number of rotatable bonds is 4. The van der Waals surface area contributed by atoms with Gasteiger partial charge in [-0.1, -0.05) is 17.7 Å². The van der Waals surface area contributed by atoms with E-state index in [0.717, 1.165) is 16.8 Å². The Morgan fingerprint density at radius 1 is 1.21 bits per heavy atom. The summed E-state index contributed by atoms with van der Waals surface area (Å²) in [5, 5.41) is 0.399. The molecular weight excluding hydrogens is 348 g/mol. The summed E-state index contributed by atoms with van der Waals surface area (Å²) in [5.74, 6) is 0.0258. The first-order valence-corrected chi connectivity index (χ1v) is 9.40. The van der Waals surface area contributed by atoms with E-state index >= 15 is 0 Å². The lowest BCUT2D eigenvalue weighted by molar-refractivity contribution is -0.117. The molecule has 0 fully saturated rings. The Hall–Kier alpha value is -2.05. The molecule has 0 bridgehead atoms. The van der Waals surface area contributed by atoms with Crippen molar-refractivity contribution in [1.29, 1.82) is 0 Å². The molecule has 24 heavy (non-hydrogen) atoms. The lowest BCUT2D eigenvalue weighted by Gasteiger charge is -2.15. The molecule has 5 nitrogen and oxygen atoms in total. The average molecular weight is 365 g/mol. The van der Waals surface area contributed by atoms with Gasteiger partial charge in [-0.25, -0.2) is 8.42 Å². The van der Waals surface area contributed by atoms with Gasteiger partial charge >= 0.3 is 0 Å². The first-order valence-electron chi connectivity index (χ1n) is 7.54. The van der Waals surface area contributed by atoms with Gasteiger partial charge in [-0.15, -0.1) is 0 Å². The lowest BCUT2D eigenvalue weighted by atomic mass is 10.1. The Morgan fingerprint density at radius 2 is 1.96 bits per heavy atom. The number of hydrogen-bond donors (Lipinski definition) is 1. The number of aryl methyl sites for hydroxylation is 1. The number of sulfonamides is 1. The van der Waals surface area contributed by atoms with E-state index in [4.69, 9.17) is 11.6 Å². The fraction of sp³-hybridized carbons (Fsp3) is 0.235. The Balaban J connectivity index is 1.90. The van der Waals surface area contributed by atoms with Crippen LogP contribution < -0.4 is 9.62 Å². The van der Waals surface area contributed by atoms with Crippen molar-refractivity contribution >= 4 is 38.9 Å². The lowest BCUT2D eigenvalue weighted by Crippen LogP contribution is -2.25. The number of benzene rings is 2. The van der Waals surface area contributed by atoms with Crippen molar-refractivity contribution in [3.05, 3.63) is 52.5 Å². The number of nitrogens with one attached hydrogen (secondary N) is 1. The molecule has 1 aliphatic heterocycles. The molecule has 0 radical (unpaired) electrons. The Labute approximate surface area is 146 Å². The predicted molar refractivity (Wildman–Crippen MR) is 95.2 cm³/mol. The van der Waals surface area contributed by atoms with Crippen molar-refractivity contribution in [2.75, 3.05) is 16.2 Å². The maximum Gasteiger partial charge on any atom is 0.261 e. The van der Waals surface area contributed by atoms with E-state index in [0.29, 0.717) is 17.3 Å². The van der Waals surface area contributed by atoms with E-state index < -0.39 is 10.0 Å². The van der Waals surface area contributed by atoms with E-state index in [1.807, 2.05) is 13.8 Å². The molecule has 0 saturated carbocycles. The third kappa shape index (κ3) is 2.99. The third-order valence-corrected chi connectivity index (χ3v) is 5.82. The molecular formula is C17H17ClN2O3S. The van der Waals surface area contributed by atoms with Gasteiger partial charge in [-0.3, -0.25) is 9.52 Å². The van der Waals surface area contributed by atoms with Crippen LogP contribution >= 0.6 is 11.6 Å². The smallest absolute Gasteiger partial charge is 0.261 e. The van der Waals surface area contributed by atoms with Crippen LogP contribution in [0.15, 0.2) is 41.3 Å². The molecule has 0 aliphatic carbocycles. The van der Waals surface area contributed by atoms with Crippen molar-refractivity contribution in [1.82, 2.24) is 0 Å². The van der Waals surface area contributed by atoms with Gasteiger partial charge < -0.3 is 4.90 Å². The number of hydrogen-bond acceptors (Lipinski definition) is 3. The number of fused-ring (bicyclic) bond motifs is 1. The topological polar surface area (TPSA) is 66.5 Å². The van der Waals surface area contributed by atoms with Gasteiger partial charge in [-0.05, 0) is 55.3 Å². The summed E-state index contributed by atoms with van der Waals surface area (Å²) < 4.78 is 27.5. The Kier molecular flexibility index (Phi) is 4.27. The molecule has 0 atom stereocenters. The maximum absolute atomic E-state index is 12.5. The molecule has 7 heteroatoms. The van der Waals surface area contributed by atoms with Crippen LogP contribution in [0.5, 0.6) is 0 Å². The zero-order valence-electron chi connectivity index (χ0n) is 13.3. The summed E-state index contributed by atoms with van der Waals surface area (Å²) in [4.78, 5) is 13.7. The van der Waals surface area contributed by atoms with Gasteiger partial charge in [0, 0.05) is 22.9 Å². The summed E-state index contributed by atoms with van der Waals surface area (Å²) in [6.07, 6.45) is 0.287. The summed E-state index contributed by atoms with van der Waals surface area (Å²) in [6, 6.07) is 9.74. The molecule has 126 valence electrons. The molecule has 3 rings (SSSR count). The van der Waals surface area contributed by atoms with Crippen LogP contribution in [0.1, 0.15) is 18.1 Å². The highest BCUT2D eigenvalue weighted by molar-refractivity contribution is 7.92. The minimum Gasteiger partial charge on any atom is -0.312 e. The van der Waals surface area contributed by atoms with Crippen molar-refractivity contribution in [2.24, 2.45) is 0 Å². The van der Waals surface area contributed by atoms with E-state index in [-0.39, 0.29) is 17.2 Å². The van der Waals surface area contributed by atoms with Crippen LogP contribution in [-0.2, 0) is 21.2 Å². The zero-order chi connectivity index (χ0) is 17.5. The first kappa shape index (κ1) is 16.8. The van der Waals surface area contributed by atoms with Gasteiger partial charge in [0.1, 0.15) is 0 Å². The SMILES string of the molecule is CCN1C(=O)Cc2cc(NS(=O)(=O)c3ccc(C)c(Cl)c3)ccc21. The summed E-state index contributed by atoms with van der Waals surface area (Å²) in [7, 11) is -3.74. The maximum atomic E-state index is 12.5. The monoisotopic (exact) mass is 364 g/mol. The average Bonchev–Trinajstić information content (AvgIpc) is 2.83. The van der Waals surface area contributed by atoms with Gasteiger partial charge in [-0.2, -0.15) is 0 Å². The van der Waals surface area contributed by atoms with Crippen molar-refractivity contribution in [2.45, 2.75) is 25.2 Å². The molecule has 0 saturated heterocycles. The van der Waals surface area contributed by atoms with E-state index in [2.05, 4.69) is 4.72 Å². The Morgan fingerprint density at radius 3 is 2.62 bits per heavy atom. The standard InChI is InChI=1S/C17H17ClN2O3S/c1-3-20-16-7-5-13(8-12(16)9-17(20)21)19-24(22,23)14-6-4-11(2)15(18)10-14/h4-8,10,19H,3,9H2,1-2H3. The van der Waals surface area contributed by atoms with Gasteiger partial charge in [0.15, 0.2) is 0 Å². The van der Waals surface area contributed by atoms with E-state index in [1.165, 1.54) is 12.1 Å². The highest BCUT2D eigenvalue weighted by Crippen LogP contribution is 2.32. The molecule has 1 N–H and O–H groups in total. The van der Waals surface area contributed by atoms with Crippen LogP contribution in [0.25, 0.3) is 0 Å².